The Kier molecular flexibility index (Phi) is 4.92. The SMILES string of the molecule is CC(C)(C)N1CCN2C(=O)N(c3ccc(CCC(=O)O)c(F)c3)C[C@@H]2C1. The first-order valence-corrected chi connectivity index (χ1v) is 9.00. The van der Waals surface area contributed by atoms with E-state index >= 15 is 0 Å². The lowest BCUT2D eigenvalue weighted by Gasteiger charge is -2.43. The maximum Gasteiger partial charge on any atom is 0.324 e. The Balaban J connectivity index is 1.73. The average Bonchev–Trinajstić information content (AvgIpc) is 2.89. The largest absolute Gasteiger partial charge is 0.481 e. The summed E-state index contributed by atoms with van der Waals surface area (Å²) in [7, 11) is 0. The first kappa shape index (κ1) is 18.6. The molecule has 2 amide bonds. The molecule has 0 aliphatic carbocycles. The van der Waals surface area contributed by atoms with Crippen molar-refractivity contribution in [2.75, 3.05) is 31.1 Å². The summed E-state index contributed by atoms with van der Waals surface area (Å²) in [6.07, 6.45) is 0.0298. The van der Waals surface area contributed by atoms with Crippen molar-refractivity contribution in [1.82, 2.24) is 9.80 Å². The van der Waals surface area contributed by atoms with Crippen LogP contribution in [-0.2, 0) is 11.2 Å². The summed E-state index contributed by atoms with van der Waals surface area (Å²) in [6, 6.07) is 4.65. The number of hydrogen-bond donors (Lipinski definition) is 1. The van der Waals surface area contributed by atoms with Crippen LogP contribution >= 0.6 is 0 Å². The van der Waals surface area contributed by atoms with Crippen LogP contribution in [0, 0.1) is 5.82 Å². The second kappa shape index (κ2) is 6.87. The molecule has 142 valence electrons. The van der Waals surface area contributed by atoms with Crippen molar-refractivity contribution in [2.24, 2.45) is 0 Å². The number of benzene rings is 1. The molecule has 0 spiro atoms. The summed E-state index contributed by atoms with van der Waals surface area (Å²) in [6.45, 7) is 9.37. The number of rotatable bonds is 4. The number of halogens is 1. The van der Waals surface area contributed by atoms with Crippen LogP contribution in [0.5, 0.6) is 0 Å². The lowest BCUT2D eigenvalue weighted by molar-refractivity contribution is -0.136. The number of fused-ring (bicyclic) bond motifs is 1. The number of hydrogen-bond acceptors (Lipinski definition) is 3. The lowest BCUT2D eigenvalue weighted by Crippen LogP contribution is -2.57. The molecular formula is C19H26FN3O3. The van der Waals surface area contributed by atoms with E-state index in [4.69, 9.17) is 5.11 Å². The quantitative estimate of drug-likeness (QED) is 0.893. The monoisotopic (exact) mass is 363 g/mol. The van der Waals surface area contributed by atoms with Gasteiger partial charge in [-0.3, -0.25) is 14.6 Å². The zero-order valence-corrected chi connectivity index (χ0v) is 15.5. The number of amides is 2. The van der Waals surface area contributed by atoms with Gasteiger partial charge in [-0.25, -0.2) is 9.18 Å². The molecule has 2 saturated heterocycles. The van der Waals surface area contributed by atoms with Crippen molar-refractivity contribution in [1.29, 1.82) is 0 Å². The smallest absolute Gasteiger partial charge is 0.324 e. The Morgan fingerprint density at radius 3 is 2.62 bits per heavy atom. The first-order valence-electron chi connectivity index (χ1n) is 9.00. The van der Waals surface area contributed by atoms with E-state index < -0.39 is 11.8 Å². The third kappa shape index (κ3) is 3.67. The summed E-state index contributed by atoms with van der Waals surface area (Å²) in [4.78, 5) is 29.3. The van der Waals surface area contributed by atoms with Gasteiger partial charge in [0, 0.05) is 43.8 Å². The van der Waals surface area contributed by atoms with Gasteiger partial charge in [0.2, 0.25) is 0 Å². The van der Waals surface area contributed by atoms with Crippen molar-refractivity contribution in [3.05, 3.63) is 29.6 Å². The van der Waals surface area contributed by atoms with Gasteiger partial charge in [-0.1, -0.05) is 6.07 Å². The molecule has 2 heterocycles. The number of carboxylic acids is 1. The minimum Gasteiger partial charge on any atom is -0.481 e. The zero-order valence-electron chi connectivity index (χ0n) is 15.5. The van der Waals surface area contributed by atoms with Crippen molar-refractivity contribution < 1.29 is 19.1 Å². The maximum absolute atomic E-state index is 14.3. The van der Waals surface area contributed by atoms with Crippen LogP contribution in [0.25, 0.3) is 0 Å². The van der Waals surface area contributed by atoms with Gasteiger partial charge in [0.1, 0.15) is 5.82 Å². The Morgan fingerprint density at radius 2 is 2.00 bits per heavy atom. The number of carbonyl (C=O) groups is 2. The molecule has 0 saturated carbocycles. The Hall–Kier alpha value is -2.15. The standard InChI is InChI=1S/C19H26FN3O3/c1-19(2,3)21-8-9-22-15(11-21)12-23(18(22)26)14-6-4-13(16(20)10-14)5-7-17(24)25/h4,6,10,15H,5,7-9,11-12H2,1-3H3,(H,24,25)/t15-/m0/s1. The molecule has 0 unspecified atom stereocenters. The van der Waals surface area contributed by atoms with Gasteiger partial charge >= 0.3 is 12.0 Å². The second-order valence-electron chi connectivity index (χ2n) is 8.03. The average molecular weight is 363 g/mol. The summed E-state index contributed by atoms with van der Waals surface area (Å²) < 4.78 is 14.3. The first-order chi connectivity index (χ1) is 12.2. The Labute approximate surface area is 153 Å². The van der Waals surface area contributed by atoms with Crippen LogP contribution < -0.4 is 4.90 Å². The van der Waals surface area contributed by atoms with Crippen LogP contribution in [0.4, 0.5) is 14.9 Å². The molecule has 1 aromatic rings. The lowest BCUT2D eigenvalue weighted by atomic mass is 10.0. The second-order valence-corrected chi connectivity index (χ2v) is 8.03. The fourth-order valence-electron chi connectivity index (χ4n) is 3.68. The molecule has 2 aliphatic rings. The van der Waals surface area contributed by atoms with E-state index in [1.54, 1.807) is 17.0 Å². The minimum atomic E-state index is -0.955. The van der Waals surface area contributed by atoms with Gasteiger partial charge in [-0.05, 0) is 44.9 Å². The number of carboxylic acid groups (broad SMARTS) is 1. The summed E-state index contributed by atoms with van der Waals surface area (Å²) in [5.74, 6) is -1.42. The number of aliphatic carboxylic acids is 1. The molecule has 2 aliphatic heterocycles. The van der Waals surface area contributed by atoms with E-state index in [0.29, 0.717) is 24.3 Å². The highest BCUT2D eigenvalue weighted by Crippen LogP contribution is 2.29. The third-order valence-corrected chi connectivity index (χ3v) is 5.26. The molecule has 0 aromatic heterocycles. The predicted molar refractivity (Wildman–Crippen MR) is 96.9 cm³/mol. The normalized spacial score (nSPS) is 21.2. The van der Waals surface area contributed by atoms with Crippen LogP contribution in [0.2, 0.25) is 0 Å². The van der Waals surface area contributed by atoms with Gasteiger partial charge < -0.3 is 10.0 Å². The Bertz CT molecular complexity index is 716. The molecule has 0 bridgehead atoms. The molecule has 0 radical (unpaired) electrons. The van der Waals surface area contributed by atoms with Crippen molar-refractivity contribution >= 4 is 17.7 Å². The number of aryl methyl sites for hydroxylation is 1. The van der Waals surface area contributed by atoms with Gasteiger partial charge in [0.05, 0.1) is 6.04 Å². The van der Waals surface area contributed by atoms with E-state index in [0.717, 1.165) is 13.1 Å². The number of carbonyl (C=O) groups excluding carboxylic acids is 1. The fraction of sp³-hybridized carbons (Fsp3) is 0.579. The number of nitrogens with zero attached hydrogens (tertiary/aromatic N) is 3. The van der Waals surface area contributed by atoms with Crippen LogP contribution in [0.3, 0.4) is 0 Å². The zero-order chi connectivity index (χ0) is 19.1. The summed E-state index contributed by atoms with van der Waals surface area (Å²) >= 11 is 0. The highest BCUT2D eigenvalue weighted by Gasteiger charge is 2.43. The molecule has 1 atom stereocenters. The molecular weight excluding hydrogens is 337 g/mol. The van der Waals surface area contributed by atoms with Gasteiger partial charge in [0.25, 0.3) is 0 Å². The molecule has 1 aromatic carbocycles. The third-order valence-electron chi connectivity index (χ3n) is 5.26. The van der Waals surface area contributed by atoms with Crippen molar-refractivity contribution in [2.45, 2.75) is 45.2 Å². The fourth-order valence-corrected chi connectivity index (χ4v) is 3.68. The van der Waals surface area contributed by atoms with E-state index in [2.05, 4.69) is 25.7 Å². The molecule has 3 rings (SSSR count). The molecule has 26 heavy (non-hydrogen) atoms. The number of anilines is 1. The molecule has 6 nitrogen and oxygen atoms in total. The number of urea groups is 1. The van der Waals surface area contributed by atoms with E-state index in [-0.39, 0.29) is 30.5 Å². The molecule has 1 N–H and O–H groups in total. The Morgan fingerprint density at radius 1 is 1.27 bits per heavy atom. The van der Waals surface area contributed by atoms with E-state index in [9.17, 15) is 14.0 Å². The summed E-state index contributed by atoms with van der Waals surface area (Å²) in [5.41, 5.74) is 0.947. The van der Waals surface area contributed by atoms with Gasteiger partial charge in [-0.2, -0.15) is 0 Å². The van der Waals surface area contributed by atoms with E-state index in [1.165, 1.54) is 6.07 Å². The highest BCUT2D eigenvalue weighted by atomic mass is 19.1. The maximum atomic E-state index is 14.3. The topological polar surface area (TPSA) is 64.1 Å². The summed E-state index contributed by atoms with van der Waals surface area (Å²) in [5, 5.41) is 8.74. The highest BCUT2D eigenvalue weighted by molar-refractivity contribution is 5.94. The number of piperazine rings is 1. The van der Waals surface area contributed by atoms with Gasteiger partial charge in [0.15, 0.2) is 0 Å². The molecule has 2 fully saturated rings. The van der Waals surface area contributed by atoms with Crippen LogP contribution in [0.1, 0.15) is 32.8 Å². The predicted octanol–water partition coefficient (Wildman–Crippen LogP) is 2.57. The van der Waals surface area contributed by atoms with Crippen LogP contribution in [-0.4, -0.2) is 64.7 Å². The van der Waals surface area contributed by atoms with Crippen molar-refractivity contribution in [3.63, 3.8) is 0 Å². The molecule has 7 heteroatoms. The van der Waals surface area contributed by atoms with Gasteiger partial charge in [-0.15, -0.1) is 0 Å². The van der Waals surface area contributed by atoms with E-state index in [1.807, 2.05) is 4.90 Å². The van der Waals surface area contributed by atoms with Crippen LogP contribution in [0.15, 0.2) is 18.2 Å². The minimum absolute atomic E-state index is 0.0560. The van der Waals surface area contributed by atoms with Crippen molar-refractivity contribution in [3.8, 4) is 0 Å².